The number of phenols is 1. The van der Waals surface area contributed by atoms with Gasteiger partial charge < -0.3 is 16.6 Å². The summed E-state index contributed by atoms with van der Waals surface area (Å²) in [5.41, 5.74) is 11.6. The fourth-order valence-electron chi connectivity index (χ4n) is 2.44. The minimum Gasteiger partial charge on any atom is -0.506 e. The van der Waals surface area contributed by atoms with Crippen LogP contribution in [0, 0.1) is 0 Å². The maximum Gasteiger partial charge on any atom is 0.280 e. The van der Waals surface area contributed by atoms with Crippen LogP contribution in [0.25, 0.3) is 22.0 Å². The number of aliphatic imine (C=N–C) groups is 1. The number of hydrogen-bond donors (Lipinski definition) is 3. The number of aromatic hydroxyl groups is 1. The van der Waals surface area contributed by atoms with E-state index in [1.807, 2.05) is 0 Å². The van der Waals surface area contributed by atoms with Crippen molar-refractivity contribution < 1.29 is 9.90 Å². The second-order valence-electron chi connectivity index (χ2n) is 5.19. The van der Waals surface area contributed by atoms with Gasteiger partial charge in [0.25, 0.3) is 5.91 Å². The Bertz CT molecular complexity index is 1030. The molecule has 0 unspecified atom stereocenters. The molecular formula is C17H12Cl2N4O2. The van der Waals surface area contributed by atoms with Crippen LogP contribution in [0.5, 0.6) is 5.75 Å². The summed E-state index contributed by atoms with van der Waals surface area (Å²) in [4.78, 5) is 19.9. The fraction of sp³-hybridized carbons (Fsp3) is 0. The zero-order valence-corrected chi connectivity index (χ0v) is 14.2. The van der Waals surface area contributed by atoms with Crippen molar-refractivity contribution in [2.75, 3.05) is 0 Å². The molecule has 1 amide bonds. The third-order valence-corrected chi connectivity index (χ3v) is 4.16. The zero-order chi connectivity index (χ0) is 18.1. The van der Waals surface area contributed by atoms with E-state index in [2.05, 4.69) is 9.98 Å². The number of halogens is 2. The fourth-order valence-corrected chi connectivity index (χ4v) is 2.83. The predicted molar refractivity (Wildman–Crippen MR) is 99.0 cm³/mol. The van der Waals surface area contributed by atoms with E-state index in [9.17, 15) is 9.90 Å². The Labute approximate surface area is 152 Å². The second-order valence-corrected chi connectivity index (χ2v) is 6.01. The van der Waals surface area contributed by atoms with Crippen molar-refractivity contribution in [3.05, 3.63) is 58.2 Å². The number of fused-ring (bicyclic) bond motifs is 1. The predicted octanol–water partition coefficient (Wildman–Crippen LogP) is 3.33. The van der Waals surface area contributed by atoms with Gasteiger partial charge in [0.1, 0.15) is 5.75 Å². The summed E-state index contributed by atoms with van der Waals surface area (Å²) < 4.78 is 0. The number of nitrogens with zero attached hydrogens (tertiary/aromatic N) is 2. The van der Waals surface area contributed by atoms with Crippen molar-refractivity contribution in [2.24, 2.45) is 16.5 Å². The topological polar surface area (TPSA) is 115 Å². The van der Waals surface area contributed by atoms with Crippen molar-refractivity contribution in [1.82, 2.24) is 4.98 Å². The van der Waals surface area contributed by atoms with Gasteiger partial charge in [-0.05, 0) is 24.3 Å². The van der Waals surface area contributed by atoms with E-state index >= 15 is 0 Å². The van der Waals surface area contributed by atoms with Crippen LogP contribution in [0.2, 0.25) is 10.0 Å². The molecule has 0 atom stereocenters. The lowest BCUT2D eigenvalue weighted by molar-refractivity contribution is 0.100. The van der Waals surface area contributed by atoms with Crippen LogP contribution >= 0.6 is 23.2 Å². The molecule has 0 saturated heterocycles. The van der Waals surface area contributed by atoms with E-state index in [1.165, 1.54) is 6.20 Å². The van der Waals surface area contributed by atoms with E-state index in [4.69, 9.17) is 34.7 Å². The maximum absolute atomic E-state index is 12.1. The van der Waals surface area contributed by atoms with Crippen LogP contribution in [0.15, 0.2) is 47.6 Å². The summed E-state index contributed by atoms with van der Waals surface area (Å²) in [6, 6.07) is 9.71. The lowest BCUT2D eigenvalue weighted by Crippen LogP contribution is -2.24. The highest BCUT2D eigenvalue weighted by molar-refractivity contribution is 6.36. The molecule has 6 nitrogen and oxygen atoms in total. The van der Waals surface area contributed by atoms with E-state index < -0.39 is 5.91 Å². The second kappa shape index (κ2) is 6.58. The van der Waals surface area contributed by atoms with E-state index in [-0.39, 0.29) is 22.3 Å². The lowest BCUT2D eigenvalue weighted by Gasteiger charge is -2.10. The molecule has 0 aliphatic rings. The number of guanidine groups is 1. The Morgan fingerprint density at radius 3 is 2.56 bits per heavy atom. The van der Waals surface area contributed by atoms with Gasteiger partial charge in [-0.1, -0.05) is 35.3 Å². The van der Waals surface area contributed by atoms with Gasteiger partial charge in [-0.3, -0.25) is 9.78 Å². The SMILES string of the molecule is NC(N)=NC(=O)c1ccc2c(Cl)cnc(-c3cccc(Cl)c3O)c2c1. The molecule has 25 heavy (non-hydrogen) atoms. The molecule has 1 aromatic heterocycles. The van der Waals surface area contributed by atoms with Crippen LogP contribution in [-0.2, 0) is 0 Å². The van der Waals surface area contributed by atoms with Crippen LogP contribution in [0.3, 0.4) is 0 Å². The number of amides is 1. The molecule has 0 saturated carbocycles. The molecule has 3 rings (SSSR count). The van der Waals surface area contributed by atoms with Gasteiger partial charge in [-0.2, -0.15) is 4.99 Å². The number of benzene rings is 2. The van der Waals surface area contributed by atoms with E-state index in [0.717, 1.165) is 0 Å². The normalized spacial score (nSPS) is 10.6. The number of phenolic OH excluding ortho intramolecular Hbond substituents is 1. The molecule has 0 bridgehead atoms. The molecule has 1 heterocycles. The van der Waals surface area contributed by atoms with Crippen molar-refractivity contribution in [3.8, 4) is 17.0 Å². The monoisotopic (exact) mass is 374 g/mol. The summed E-state index contributed by atoms with van der Waals surface area (Å²) in [5.74, 6) is -1.04. The summed E-state index contributed by atoms with van der Waals surface area (Å²) in [6.07, 6.45) is 1.47. The molecule has 5 N–H and O–H groups in total. The standard InChI is InChI=1S/C17H12Cl2N4O2/c18-12-3-1-2-10(15(12)24)14-11-6-8(16(25)23-17(20)21)4-5-9(11)13(19)7-22-14/h1-7,24H,(H4,20,21,23,25). The highest BCUT2D eigenvalue weighted by Gasteiger charge is 2.16. The summed E-state index contributed by atoms with van der Waals surface area (Å²) in [6.45, 7) is 0. The molecule has 0 aliphatic carbocycles. The molecule has 126 valence electrons. The largest absolute Gasteiger partial charge is 0.506 e. The number of rotatable bonds is 2. The minimum absolute atomic E-state index is 0.110. The molecule has 0 aliphatic heterocycles. The number of pyridine rings is 1. The molecule has 0 fully saturated rings. The van der Waals surface area contributed by atoms with Gasteiger partial charge in [0, 0.05) is 28.1 Å². The van der Waals surface area contributed by atoms with Gasteiger partial charge in [0.15, 0.2) is 5.96 Å². The van der Waals surface area contributed by atoms with Gasteiger partial charge >= 0.3 is 0 Å². The summed E-state index contributed by atoms with van der Waals surface area (Å²) in [7, 11) is 0. The Balaban J connectivity index is 2.29. The molecule has 2 aromatic carbocycles. The van der Waals surface area contributed by atoms with Crippen molar-refractivity contribution >= 4 is 45.8 Å². The first-order chi connectivity index (χ1) is 11.9. The van der Waals surface area contributed by atoms with Crippen molar-refractivity contribution in [2.45, 2.75) is 0 Å². The minimum atomic E-state index is -0.594. The number of nitrogens with two attached hydrogens (primary N) is 2. The average Bonchev–Trinajstić information content (AvgIpc) is 2.57. The number of aromatic nitrogens is 1. The summed E-state index contributed by atoms with van der Waals surface area (Å²) in [5, 5.41) is 12.1. The Morgan fingerprint density at radius 1 is 1.08 bits per heavy atom. The van der Waals surface area contributed by atoms with Gasteiger partial charge in [0.05, 0.1) is 15.7 Å². The third-order valence-electron chi connectivity index (χ3n) is 3.56. The Hall–Kier alpha value is -2.83. The van der Waals surface area contributed by atoms with Crippen LogP contribution in [0.4, 0.5) is 0 Å². The first-order valence-electron chi connectivity index (χ1n) is 7.08. The van der Waals surface area contributed by atoms with Gasteiger partial charge in [-0.15, -0.1) is 0 Å². The quantitative estimate of drug-likeness (QED) is 0.470. The molecule has 8 heteroatoms. The van der Waals surface area contributed by atoms with Gasteiger partial charge in [-0.25, -0.2) is 0 Å². The maximum atomic E-state index is 12.1. The first-order valence-corrected chi connectivity index (χ1v) is 7.84. The third kappa shape index (κ3) is 3.22. The van der Waals surface area contributed by atoms with Crippen molar-refractivity contribution in [1.29, 1.82) is 0 Å². The van der Waals surface area contributed by atoms with Crippen LogP contribution in [-0.4, -0.2) is 22.0 Å². The van der Waals surface area contributed by atoms with Crippen LogP contribution < -0.4 is 11.5 Å². The summed E-state index contributed by atoms with van der Waals surface area (Å²) >= 11 is 12.2. The van der Waals surface area contributed by atoms with Gasteiger partial charge in [0.2, 0.25) is 0 Å². The zero-order valence-electron chi connectivity index (χ0n) is 12.7. The van der Waals surface area contributed by atoms with E-state index in [1.54, 1.807) is 36.4 Å². The first kappa shape index (κ1) is 17.0. The Morgan fingerprint density at radius 2 is 1.84 bits per heavy atom. The number of para-hydroxylation sites is 1. The number of hydrogen-bond acceptors (Lipinski definition) is 3. The number of carbonyl (C=O) groups excluding carboxylic acids is 1. The highest BCUT2D eigenvalue weighted by Crippen LogP contribution is 2.38. The molecule has 0 radical (unpaired) electrons. The van der Waals surface area contributed by atoms with E-state index in [0.29, 0.717) is 27.1 Å². The van der Waals surface area contributed by atoms with Crippen molar-refractivity contribution in [3.63, 3.8) is 0 Å². The average molecular weight is 375 g/mol. The molecule has 0 spiro atoms. The molecule has 3 aromatic rings. The smallest absolute Gasteiger partial charge is 0.280 e. The highest BCUT2D eigenvalue weighted by atomic mass is 35.5. The number of carbonyl (C=O) groups is 1. The lowest BCUT2D eigenvalue weighted by atomic mass is 10.0. The Kier molecular flexibility index (Phi) is 4.48. The van der Waals surface area contributed by atoms with Crippen LogP contribution in [0.1, 0.15) is 10.4 Å². The molecular weight excluding hydrogens is 363 g/mol.